The van der Waals surface area contributed by atoms with Crippen LogP contribution in [-0.4, -0.2) is 37.5 Å². The van der Waals surface area contributed by atoms with Crippen molar-refractivity contribution in [2.75, 3.05) is 23.9 Å². The molecule has 5 rings (SSSR count). The standard InChI is InChI=1S/C33H27N3O7/c1-41-29-10-6-5-9-28(29)34-30(37)21-43-25-15-11-22(12-16-25)19-27-31(38)35-33(40)36(32(27)39)24-13-17-26(18-14-24)42-20-23-7-3-2-4-8-23/h2-19H,20-21H2,1H3,(H,34,37)(H,35,38,40)/b27-19-. The van der Waals surface area contributed by atoms with Crippen molar-refractivity contribution < 1.29 is 33.4 Å². The van der Waals surface area contributed by atoms with Crippen molar-refractivity contribution in [2.45, 2.75) is 6.61 Å². The number of carbonyl (C=O) groups is 4. The molecule has 4 aromatic rings. The zero-order valence-electron chi connectivity index (χ0n) is 23.1. The Hall–Kier alpha value is -5.90. The summed E-state index contributed by atoms with van der Waals surface area (Å²) in [5.74, 6) is -0.449. The first kappa shape index (κ1) is 28.6. The van der Waals surface area contributed by atoms with Crippen LogP contribution in [0.2, 0.25) is 0 Å². The molecule has 4 aromatic carbocycles. The van der Waals surface area contributed by atoms with Gasteiger partial charge in [0.2, 0.25) is 0 Å². The maximum Gasteiger partial charge on any atom is 0.335 e. The Labute approximate surface area is 247 Å². The SMILES string of the molecule is COc1ccccc1NC(=O)COc1ccc(/C=C2/C(=O)NC(=O)N(c3ccc(OCc4ccccc4)cc3)C2=O)cc1. The van der Waals surface area contributed by atoms with Gasteiger partial charge in [-0.2, -0.15) is 0 Å². The van der Waals surface area contributed by atoms with Crippen LogP contribution in [0.15, 0.2) is 109 Å². The number of barbiturate groups is 1. The van der Waals surface area contributed by atoms with Crippen molar-refractivity contribution >= 4 is 41.2 Å². The molecule has 10 nitrogen and oxygen atoms in total. The van der Waals surface area contributed by atoms with Crippen LogP contribution in [0.3, 0.4) is 0 Å². The highest BCUT2D eigenvalue weighted by Crippen LogP contribution is 2.26. The fourth-order valence-corrected chi connectivity index (χ4v) is 4.23. The zero-order valence-corrected chi connectivity index (χ0v) is 23.1. The summed E-state index contributed by atoms with van der Waals surface area (Å²) in [4.78, 5) is 51.6. The van der Waals surface area contributed by atoms with Gasteiger partial charge in [-0.05, 0) is 65.7 Å². The minimum atomic E-state index is -0.847. The number of benzene rings is 4. The smallest absolute Gasteiger partial charge is 0.335 e. The van der Waals surface area contributed by atoms with E-state index in [-0.39, 0.29) is 23.8 Å². The molecule has 1 aliphatic rings. The number of methoxy groups -OCH3 is 1. The Morgan fingerprint density at radius 3 is 2.19 bits per heavy atom. The van der Waals surface area contributed by atoms with Crippen molar-refractivity contribution in [2.24, 2.45) is 0 Å². The second-order valence-corrected chi connectivity index (χ2v) is 9.33. The van der Waals surface area contributed by atoms with Crippen LogP contribution in [0, 0.1) is 0 Å². The molecule has 0 aromatic heterocycles. The van der Waals surface area contributed by atoms with Gasteiger partial charge >= 0.3 is 6.03 Å². The molecule has 0 atom stereocenters. The molecule has 0 aliphatic carbocycles. The van der Waals surface area contributed by atoms with E-state index in [9.17, 15) is 19.2 Å². The van der Waals surface area contributed by atoms with E-state index >= 15 is 0 Å². The predicted molar refractivity (Wildman–Crippen MR) is 160 cm³/mol. The molecule has 0 saturated carbocycles. The zero-order chi connectivity index (χ0) is 30.2. The molecule has 0 unspecified atom stereocenters. The fraction of sp³-hybridized carbons (Fsp3) is 0.0909. The molecular formula is C33H27N3O7. The quantitative estimate of drug-likeness (QED) is 0.202. The molecule has 216 valence electrons. The molecule has 1 aliphatic heterocycles. The lowest BCUT2D eigenvalue weighted by molar-refractivity contribution is -0.122. The molecule has 0 spiro atoms. The molecule has 0 radical (unpaired) electrons. The summed E-state index contributed by atoms with van der Waals surface area (Å²) < 4.78 is 16.6. The van der Waals surface area contributed by atoms with Gasteiger partial charge in [0.15, 0.2) is 6.61 Å². The number of rotatable bonds is 10. The monoisotopic (exact) mass is 577 g/mol. The van der Waals surface area contributed by atoms with Crippen LogP contribution < -0.4 is 29.7 Å². The topological polar surface area (TPSA) is 123 Å². The van der Waals surface area contributed by atoms with Crippen molar-refractivity contribution in [1.29, 1.82) is 0 Å². The molecule has 0 bridgehead atoms. The number of hydrogen-bond acceptors (Lipinski definition) is 7. The van der Waals surface area contributed by atoms with Crippen molar-refractivity contribution in [1.82, 2.24) is 5.32 Å². The third kappa shape index (κ3) is 7.06. The number of anilines is 2. The van der Waals surface area contributed by atoms with Gasteiger partial charge in [0.1, 0.15) is 29.4 Å². The highest BCUT2D eigenvalue weighted by Gasteiger charge is 2.36. The Morgan fingerprint density at radius 2 is 1.47 bits per heavy atom. The van der Waals surface area contributed by atoms with Crippen LogP contribution in [-0.2, 0) is 21.0 Å². The maximum absolute atomic E-state index is 13.3. The Bertz CT molecular complexity index is 1670. The van der Waals surface area contributed by atoms with E-state index in [1.165, 1.54) is 13.2 Å². The molecule has 1 fully saturated rings. The number of hydrogen-bond donors (Lipinski definition) is 2. The lowest BCUT2D eigenvalue weighted by Crippen LogP contribution is -2.54. The molecule has 2 N–H and O–H groups in total. The molecule has 1 heterocycles. The molecule has 43 heavy (non-hydrogen) atoms. The number of imide groups is 2. The van der Waals surface area contributed by atoms with E-state index in [4.69, 9.17) is 14.2 Å². The second-order valence-electron chi connectivity index (χ2n) is 9.33. The Kier molecular flexibility index (Phi) is 8.77. The molecule has 5 amide bonds. The summed E-state index contributed by atoms with van der Waals surface area (Å²) in [5, 5.41) is 4.94. The number of ether oxygens (including phenoxy) is 3. The number of carbonyl (C=O) groups excluding carboxylic acids is 4. The normalized spacial score (nSPS) is 13.8. The lowest BCUT2D eigenvalue weighted by Gasteiger charge is -2.26. The highest BCUT2D eigenvalue weighted by atomic mass is 16.5. The summed E-state index contributed by atoms with van der Waals surface area (Å²) in [7, 11) is 1.51. The first-order chi connectivity index (χ1) is 20.9. The number of urea groups is 1. The van der Waals surface area contributed by atoms with Gasteiger partial charge in [0.05, 0.1) is 18.5 Å². The highest BCUT2D eigenvalue weighted by molar-refractivity contribution is 6.39. The van der Waals surface area contributed by atoms with Gasteiger partial charge < -0.3 is 19.5 Å². The number of nitrogens with one attached hydrogen (secondary N) is 2. The van der Waals surface area contributed by atoms with E-state index in [0.29, 0.717) is 35.1 Å². The first-order valence-corrected chi connectivity index (χ1v) is 13.3. The lowest BCUT2D eigenvalue weighted by atomic mass is 10.1. The van der Waals surface area contributed by atoms with Crippen LogP contribution in [0.25, 0.3) is 6.08 Å². The van der Waals surface area contributed by atoms with Crippen molar-refractivity contribution in [3.8, 4) is 17.2 Å². The van der Waals surface area contributed by atoms with Gasteiger partial charge in [0, 0.05) is 0 Å². The molecular weight excluding hydrogens is 550 g/mol. The predicted octanol–water partition coefficient (Wildman–Crippen LogP) is 4.96. The summed E-state index contributed by atoms with van der Waals surface area (Å²) >= 11 is 0. The van der Waals surface area contributed by atoms with Crippen LogP contribution in [0.1, 0.15) is 11.1 Å². The van der Waals surface area contributed by atoms with E-state index in [1.54, 1.807) is 72.8 Å². The average Bonchev–Trinajstić information content (AvgIpc) is 3.03. The molecule has 10 heteroatoms. The average molecular weight is 578 g/mol. The van der Waals surface area contributed by atoms with Crippen LogP contribution in [0.5, 0.6) is 17.2 Å². The number of para-hydroxylation sites is 2. The van der Waals surface area contributed by atoms with Crippen LogP contribution >= 0.6 is 0 Å². The minimum Gasteiger partial charge on any atom is -0.495 e. The van der Waals surface area contributed by atoms with Crippen molar-refractivity contribution in [3.63, 3.8) is 0 Å². The molecule has 1 saturated heterocycles. The van der Waals surface area contributed by atoms with Gasteiger partial charge in [-0.15, -0.1) is 0 Å². The largest absolute Gasteiger partial charge is 0.495 e. The third-order valence-electron chi connectivity index (χ3n) is 6.39. The fourth-order valence-electron chi connectivity index (χ4n) is 4.23. The Morgan fingerprint density at radius 1 is 0.814 bits per heavy atom. The summed E-state index contributed by atoms with van der Waals surface area (Å²) in [6.45, 7) is 0.122. The van der Waals surface area contributed by atoms with Gasteiger partial charge in [-0.1, -0.05) is 54.6 Å². The summed E-state index contributed by atoms with van der Waals surface area (Å²) in [6, 6.07) is 28.7. The van der Waals surface area contributed by atoms with E-state index in [0.717, 1.165) is 10.5 Å². The first-order valence-electron chi connectivity index (χ1n) is 13.3. The van der Waals surface area contributed by atoms with E-state index < -0.39 is 17.8 Å². The van der Waals surface area contributed by atoms with E-state index in [1.807, 2.05) is 30.3 Å². The van der Waals surface area contributed by atoms with Gasteiger partial charge in [-0.25, -0.2) is 9.69 Å². The van der Waals surface area contributed by atoms with Crippen molar-refractivity contribution in [3.05, 3.63) is 120 Å². The number of amides is 5. The van der Waals surface area contributed by atoms with Crippen LogP contribution in [0.4, 0.5) is 16.2 Å². The Balaban J connectivity index is 1.21. The maximum atomic E-state index is 13.3. The van der Waals surface area contributed by atoms with Gasteiger partial charge in [-0.3, -0.25) is 19.7 Å². The minimum absolute atomic E-state index is 0.214. The summed E-state index contributed by atoms with van der Waals surface area (Å²) in [6.07, 6.45) is 1.38. The number of nitrogens with zero attached hydrogens (tertiary/aromatic N) is 1. The van der Waals surface area contributed by atoms with Gasteiger partial charge in [0.25, 0.3) is 17.7 Å². The van der Waals surface area contributed by atoms with E-state index in [2.05, 4.69) is 10.6 Å². The third-order valence-corrected chi connectivity index (χ3v) is 6.39. The second kappa shape index (κ2) is 13.2. The summed E-state index contributed by atoms with van der Waals surface area (Å²) in [5.41, 5.74) is 2.11.